The molecule has 1 heterocycles. The molecule has 0 aromatic carbocycles. The van der Waals surface area contributed by atoms with Gasteiger partial charge in [0.25, 0.3) is 5.91 Å². The fraction of sp³-hybridized carbons (Fsp3) is 0.636. The summed E-state index contributed by atoms with van der Waals surface area (Å²) in [4.78, 5) is 11.9. The number of H-pyrrole nitrogens is 1. The third-order valence-corrected chi connectivity index (χ3v) is 2.54. The lowest BCUT2D eigenvalue weighted by Crippen LogP contribution is -2.41. The van der Waals surface area contributed by atoms with E-state index in [1.807, 2.05) is 20.8 Å². The van der Waals surface area contributed by atoms with Crippen LogP contribution in [0.25, 0.3) is 0 Å². The molecular weight excluding hydrogens is 206 g/mol. The molecule has 1 aromatic heterocycles. The molecule has 0 saturated carbocycles. The van der Waals surface area contributed by atoms with E-state index in [2.05, 4.69) is 15.5 Å². The standard InChI is InChI=1S/C11H19N3O2/c1-7(2)10(6-16-4)13-11(15)9-5-12-14-8(9)3/h5,7,10H,6H2,1-4H3,(H,12,14)(H,13,15). The van der Waals surface area contributed by atoms with Crippen molar-refractivity contribution in [3.8, 4) is 0 Å². The number of rotatable bonds is 5. The van der Waals surface area contributed by atoms with Gasteiger partial charge in [0.2, 0.25) is 0 Å². The Balaban J connectivity index is 2.65. The van der Waals surface area contributed by atoms with Gasteiger partial charge in [0.15, 0.2) is 0 Å². The molecule has 0 aliphatic rings. The Bertz CT molecular complexity index is 347. The summed E-state index contributed by atoms with van der Waals surface area (Å²) in [5.41, 5.74) is 1.36. The smallest absolute Gasteiger partial charge is 0.255 e. The van der Waals surface area contributed by atoms with Crippen molar-refractivity contribution in [2.45, 2.75) is 26.8 Å². The molecule has 2 N–H and O–H groups in total. The van der Waals surface area contributed by atoms with Crippen LogP contribution < -0.4 is 5.32 Å². The van der Waals surface area contributed by atoms with E-state index in [0.29, 0.717) is 18.1 Å². The molecular formula is C11H19N3O2. The van der Waals surface area contributed by atoms with Crippen molar-refractivity contribution >= 4 is 5.91 Å². The number of ether oxygens (including phenoxy) is 1. The van der Waals surface area contributed by atoms with E-state index in [1.54, 1.807) is 7.11 Å². The zero-order valence-electron chi connectivity index (χ0n) is 10.2. The minimum atomic E-state index is -0.109. The highest BCUT2D eigenvalue weighted by molar-refractivity contribution is 5.95. The zero-order valence-corrected chi connectivity index (χ0v) is 10.2. The molecule has 5 heteroatoms. The van der Waals surface area contributed by atoms with Crippen LogP contribution in [-0.4, -0.2) is 35.9 Å². The van der Waals surface area contributed by atoms with E-state index < -0.39 is 0 Å². The van der Waals surface area contributed by atoms with Crippen LogP contribution in [0.4, 0.5) is 0 Å². The van der Waals surface area contributed by atoms with Gasteiger partial charge in [0.1, 0.15) is 0 Å². The Hall–Kier alpha value is -1.36. The summed E-state index contributed by atoms with van der Waals surface area (Å²) < 4.78 is 5.08. The minimum absolute atomic E-state index is 0.0202. The summed E-state index contributed by atoms with van der Waals surface area (Å²) in [6, 6.07) is 0.0202. The molecule has 0 fully saturated rings. The molecule has 1 atom stereocenters. The number of aromatic amines is 1. The maximum absolute atomic E-state index is 11.9. The quantitative estimate of drug-likeness (QED) is 0.789. The van der Waals surface area contributed by atoms with Crippen molar-refractivity contribution in [1.82, 2.24) is 15.5 Å². The van der Waals surface area contributed by atoms with Crippen LogP contribution in [0.1, 0.15) is 29.9 Å². The molecule has 16 heavy (non-hydrogen) atoms. The number of methoxy groups -OCH3 is 1. The second kappa shape index (κ2) is 5.65. The summed E-state index contributed by atoms with van der Waals surface area (Å²) in [6.45, 7) is 6.43. The van der Waals surface area contributed by atoms with Crippen molar-refractivity contribution < 1.29 is 9.53 Å². The van der Waals surface area contributed by atoms with Crippen LogP contribution in [0.2, 0.25) is 0 Å². The van der Waals surface area contributed by atoms with E-state index in [-0.39, 0.29) is 11.9 Å². The van der Waals surface area contributed by atoms with E-state index in [0.717, 1.165) is 5.69 Å². The van der Waals surface area contributed by atoms with Crippen molar-refractivity contribution in [1.29, 1.82) is 0 Å². The molecule has 1 unspecified atom stereocenters. The largest absolute Gasteiger partial charge is 0.383 e. The topological polar surface area (TPSA) is 67.0 Å². The molecule has 0 radical (unpaired) electrons. The van der Waals surface area contributed by atoms with Gasteiger partial charge < -0.3 is 10.1 Å². The molecule has 5 nitrogen and oxygen atoms in total. The number of aromatic nitrogens is 2. The van der Waals surface area contributed by atoms with Crippen molar-refractivity contribution in [2.75, 3.05) is 13.7 Å². The van der Waals surface area contributed by atoms with Gasteiger partial charge in [-0.3, -0.25) is 9.89 Å². The normalized spacial score (nSPS) is 12.8. The maximum atomic E-state index is 11.9. The summed E-state index contributed by atoms with van der Waals surface area (Å²) >= 11 is 0. The number of carbonyl (C=O) groups excluding carboxylic acids is 1. The molecule has 90 valence electrons. The van der Waals surface area contributed by atoms with Gasteiger partial charge in [0.05, 0.1) is 24.4 Å². The monoisotopic (exact) mass is 225 g/mol. The lowest BCUT2D eigenvalue weighted by Gasteiger charge is -2.21. The number of nitrogens with one attached hydrogen (secondary N) is 2. The average Bonchev–Trinajstić information content (AvgIpc) is 2.63. The summed E-state index contributed by atoms with van der Waals surface area (Å²) in [7, 11) is 1.63. The second-order valence-corrected chi connectivity index (χ2v) is 4.19. The molecule has 1 amide bonds. The number of hydrogen-bond donors (Lipinski definition) is 2. The summed E-state index contributed by atoms with van der Waals surface area (Å²) in [5, 5.41) is 9.50. The first-order valence-corrected chi connectivity index (χ1v) is 5.36. The SMILES string of the molecule is COCC(NC(=O)c1cn[nH]c1C)C(C)C. The van der Waals surface area contributed by atoms with Gasteiger partial charge in [-0.05, 0) is 12.8 Å². The molecule has 0 spiro atoms. The molecule has 0 saturated heterocycles. The van der Waals surface area contributed by atoms with Gasteiger partial charge in [-0.15, -0.1) is 0 Å². The van der Waals surface area contributed by atoms with E-state index >= 15 is 0 Å². The highest BCUT2D eigenvalue weighted by Gasteiger charge is 2.18. The van der Waals surface area contributed by atoms with Gasteiger partial charge >= 0.3 is 0 Å². The van der Waals surface area contributed by atoms with Crippen LogP contribution in [0.15, 0.2) is 6.20 Å². The first kappa shape index (κ1) is 12.7. The number of nitrogens with zero attached hydrogens (tertiary/aromatic N) is 1. The Kier molecular flexibility index (Phi) is 4.49. The van der Waals surface area contributed by atoms with Gasteiger partial charge in [0, 0.05) is 12.8 Å². The van der Waals surface area contributed by atoms with Gasteiger partial charge in [-0.25, -0.2) is 0 Å². The molecule has 0 aliphatic heterocycles. The third kappa shape index (κ3) is 3.06. The molecule has 1 rings (SSSR count). The van der Waals surface area contributed by atoms with Crippen LogP contribution in [-0.2, 0) is 4.74 Å². The number of hydrogen-bond acceptors (Lipinski definition) is 3. The van der Waals surface area contributed by atoms with Gasteiger partial charge in [-0.2, -0.15) is 5.10 Å². The number of carbonyl (C=O) groups is 1. The molecule has 0 bridgehead atoms. The van der Waals surface area contributed by atoms with Crippen LogP contribution in [0.5, 0.6) is 0 Å². The van der Waals surface area contributed by atoms with Crippen LogP contribution in [0.3, 0.4) is 0 Å². The molecule has 1 aromatic rings. The van der Waals surface area contributed by atoms with E-state index in [4.69, 9.17) is 4.74 Å². The van der Waals surface area contributed by atoms with Crippen molar-refractivity contribution in [2.24, 2.45) is 5.92 Å². The summed E-state index contributed by atoms with van der Waals surface area (Å²) in [5.74, 6) is 0.220. The Morgan fingerprint density at radius 1 is 1.62 bits per heavy atom. The third-order valence-electron chi connectivity index (χ3n) is 2.54. The fourth-order valence-electron chi connectivity index (χ4n) is 1.41. The lowest BCUT2D eigenvalue weighted by molar-refractivity contribution is 0.0866. The highest BCUT2D eigenvalue weighted by Crippen LogP contribution is 2.06. The number of aryl methyl sites for hydroxylation is 1. The van der Waals surface area contributed by atoms with E-state index in [1.165, 1.54) is 6.20 Å². The average molecular weight is 225 g/mol. The second-order valence-electron chi connectivity index (χ2n) is 4.19. The summed E-state index contributed by atoms with van der Waals surface area (Å²) in [6.07, 6.45) is 1.54. The van der Waals surface area contributed by atoms with E-state index in [9.17, 15) is 4.79 Å². The first-order chi connectivity index (χ1) is 7.56. The van der Waals surface area contributed by atoms with Crippen molar-refractivity contribution in [3.05, 3.63) is 17.5 Å². The Morgan fingerprint density at radius 3 is 2.75 bits per heavy atom. The predicted octanol–water partition coefficient (Wildman–Crippen LogP) is 1.12. The van der Waals surface area contributed by atoms with Crippen molar-refractivity contribution in [3.63, 3.8) is 0 Å². The highest BCUT2D eigenvalue weighted by atomic mass is 16.5. The minimum Gasteiger partial charge on any atom is -0.383 e. The Labute approximate surface area is 95.6 Å². The molecule has 0 aliphatic carbocycles. The zero-order chi connectivity index (χ0) is 12.1. The van der Waals surface area contributed by atoms with Crippen LogP contribution in [0, 0.1) is 12.8 Å². The Morgan fingerprint density at radius 2 is 2.31 bits per heavy atom. The lowest BCUT2D eigenvalue weighted by atomic mass is 10.0. The maximum Gasteiger partial charge on any atom is 0.255 e. The first-order valence-electron chi connectivity index (χ1n) is 5.36. The van der Waals surface area contributed by atoms with Gasteiger partial charge in [-0.1, -0.05) is 13.8 Å². The fourth-order valence-corrected chi connectivity index (χ4v) is 1.41. The predicted molar refractivity (Wildman–Crippen MR) is 61.3 cm³/mol. The van der Waals surface area contributed by atoms with Crippen LogP contribution >= 0.6 is 0 Å². The number of amides is 1.